The van der Waals surface area contributed by atoms with Crippen LogP contribution in [0.4, 0.5) is 5.69 Å². The molecule has 3 aromatic carbocycles. The summed E-state index contributed by atoms with van der Waals surface area (Å²) in [6.45, 7) is 1.97. The third kappa shape index (κ3) is 4.92. The molecular weight excluding hydrogens is 554 g/mol. The van der Waals surface area contributed by atoms with Crippen molar-refractivity contribution in [1.82, 2.24) is 10.1 Å². The number of aromatic carboxylic acids is 1. The molecule has 0 amide bonds. The van der Waals surface area contributed by atoms with Crippen molar-refractivity contribution in [3.8, 4) is 22.8 Å². The van der Waals surface area contributed by atoms with Gasteiger partial charge in [0.15, 0.2) is 0 Å². The fourth-order valence-corrected chi connectivity index (χ4v) is 5.90. The minimum absolute atomic E-state index is 0.183. The van der Waals surface area contributed by atoms with Gasteiger partial charge in [0.25, 0.3) is 0 Å². The van der Waals surface area contributed by atoms with E-state index < -0.39 is 5.97 Å². The number of nitrogens with zero attached hydrogens (tertiary/aromatic N) is 3. The van der Waals surface area contributed by atoms with E-state index in [0.717, 1.165) is 76.4 Å². The monoisotopic (exact) mass is 581 g/mol. The standard InChI is InChI=1S/C33H28ClN3O5/c1-40-30-5-3-2-4-26(30)31-27(32(42-36-31)19-6-7-19)18-41-24-10-11-25(28(34)14-24)22-16-37(17-22)23-9-8-20-12-21(33(38)39)15-35-29(20)13-23/h2-5,8-15,19,22H,6-7,16-18H2,1H3,(H,38,39). The lowest BCUT2D eigenvalue weighted by Gasteiger charge is -2.41. The highest BCUT2D eigenvalue weighted by molar-refractivity contribution is 6.31. The number of aromatic nitrogens is 2. The average molecular weight is 582 g/mol. The van der Waals surface area contributed by atoms with Gasteiger partial charge in [-0.05, 0) is 60.9 Å². The molecule has 3 heterocycles. The second kappa shape index (κ2) is 10.7. The number of rotatable bonds is 9. The number of fused-ring (bicyclic) bond motifs is 1. The molecular formula is C33H28ClN3O5. The van der Waals surface area contributed by atoms with Crippen molar-refractivity contribution in [3.05, 3.63) is 100 Å². The van der Waals surface area contributed by atoms with E-state index >= 15 is 0 Å². The van der Waals surface area contributed by atoms with Crippen molar-refractivity contribution in [2.24, 2.45) is 0 Å². The van der Waals surface area contributed by atoms with Gasteiger partial charge in [0, 0.05) is 52.8 Å². The van der Waals surface area contributed by atoms with Crippen LogP contribution in [0.3, 0.4) is 0 Å². The van der Waals surface area contributed by atoms with Crippen LogP contribution in [0.1, 0.15) is 51.9 Å². The lowest BCUT2D eigenvalue weighted by atomic mass is 9.90. The average Bonchev–Trinajstić information content (AvgIpc) is 3.74. The summed E-state index contributed by atoms with van der Waals surface area (Å²) in [6, 6.07) is 21.2. The Morgan fingerprint density at radius 3 is 2.67 bits per heavy atom. The molecule has 2 fully saturated rings. The first-order valence-corrected chi connectivity index (χ1v) is 14.3. The predicted octanol–water partition coefficient (Wildman–Crippen LogP) is 7.31. The van der Waals surface area contributed by atoms with Crippen LogP contribution >= 0.6 is 11.6 Å². The lowest BCUT2D eigenvalue weighted by molar-refractivity contribution is 0.0696. The van der Waals surface area contributed by atoms with Crippen LogP contribution < -0.4 is 14.4 Å². The maximum Gasteiger partial charge on any atom is 0.337 e. The van der Waals surface area contributed by atoms with E-state index in [-0.39, 0.29) is 5.56 Å². The third-order valence-electron chi connectivity index (χ3n) is 8.09. The molecule has 1 saturated heterocycles. The Kier molecular flexibility index (Phi) is 6.70. The first kappa shape index (κ1) is 26.3. The summed E-state index contributed by atoms with van der Waals surface area (Å²) in [7, 11) is 1.65. The van der Waals surface area contributed by atoms with Gasteiger partial charge in [-0.3, -0.25) is 4.98 Å². The van der Waals surface area contributed by atoms with Gasteiger partial charge in [-0.25, -0.2) is 4.79 Å². The molecule has 9 heteroatoms. The Labute approximate surface area is 247 Å². The van der Waals surface area contributed by atoms with E-state index in [2.05, 4.69) is 15.0 Å². The third-order valence-corrected chi connectivity index (χ3v) is 8.41. The molecule has 1 saturated carbocycles. The van der Waals surface area contributed by atoms with E-state index in [1.54, 1.807) is 13.2 Å². The highest BCUT2D eigenvalue weighted by Gasteiger charge is 2.34. The van der Waals surface area contributed by atoms with Crippen LogP contribution in [0.15, 0.2) is 77.4 Å². The molecule has 0 bridgehead atoms. The molecule has 7 rings (SSSR count). The number of para-hydroxylation sites is 1. The number of hydrogen-bond acceptors (Lipinski definition) is 7. The second-order valence-corrected chi connectivity index (χ2v) is 11.2. The molecule has 0 atom stereocenters. The van der Waals surface area contributed by atoms with Crippen molar-refractivity contribution in [2.45, 2.75) is 31.3 Å². The van der Waals surface area contributed by atoms with Gasteiger partial charge >= 0.3 is 5.97 Å². The van der Waals surface area contributed by atoms with E-state index in [1.165, 1.54) is 6.20 Å². The van der Waals surface area contributed by atoms with E-state index in [4.69, 9.17) is 25.6 Å². The van der Waals surface area contributed by atoms with Crippen LogP contribution in [0.25, 0.3) is 22.2 Å². The molecule has 1 aliphatic heterocycles. The lowest BCUT2D eigenvalue weighted by Crippen LogP contribution is -2.45. The minimum atomic E-state index is -0.980. The molecule has 42 heavy (non-hydrogen) atoms. The summed E-state index contributed by atoms with van der Waals surface area (Å²) in [4.78, 5) is 17.8. The maximum atomic E-state index is 11.2. The SMILES string of the molecule is COc1ccccc1-c1noc(C2CC2)c1COc1ccc(C2CN(c3ccc4cc(C(=O)O)cnc4c3)C2)c(Cl)c1. The highest BCUT2D eigenvalue weighted by atomic mass is 35.5. The summed E-state index contributed by atoms with van der Waals surface area (Å²) in [5.74, 6) is 2.01. The Hall–Kier alpha value is -4.56. The fourth-order valence-electron chi connectivity index (χ4n) is 5.57. The second-order valence-electron chi connectivity index (χ2n) is 10.8. The number of ether oxygens (including phenoxy) is 2. The van der Waals surface area contributed by atoms with E-state index in [0.29, 0.717) is 29.2 Å². The molecule has 8 nitrogen and oxygen atoms in total. The Bertz CT molecular complexity index is 1810. The Balaban J connectivity index is 1.04. The normalized spacial score (nSPS) is 15.0. The van der Waals surface area contributed by atoms with E-state index in [1.807, 2.05) is 60.7 Å². The minimum Gasteiger partial charge on any atom is -0.496 e. The van der Waals surface area contributed by atoms with Crippen LogP contribution in [-0.2, 0) is 6.61 Å². The van der Waals surface area contributed by atoms with Gasteiger partial charge in [0.1, 0.15) is 29.6 Å². The van der Waals surface area contributed by atoms with Crippen LogP contribution in [0.5, 0.6) is 11.5 Å². The van der Waals surface area contributed by atoms with Gasteiger partial charge in [-0.1, -0.05) is 41.0 Å². The summed E-state index contributed by atoms with van der Waals surface area (Å²) >= 11 is 6.76. The summed E-state index contributed by atoms with van der Waals surface area (Å²) in [6.07, 6.45) is 3.58. The van der Waals surface area contributed by atoms with Crippen LogP contribution in [0, 0.1) is 0 Å². The van der Waals surface area contributed by atoms with Gasteiger partial charge < -0.3 is 24.0 Å². The van der Waals surface area contributed by atoms with Crippen molar-refractivity contribution >= 4 is 34.2 Å². The summed E-state index contributed by atoms with van der Waals surface area (Å²) in [5.41, 5.74) is 5.66. The highest BCUT2D eigenvalue weighted by Crippen LogP contribution is 2.45. The number of carboxylic acid groups (broad SMARTS) is 1. The fraction of sp³-hybridized carbons (Fsp3) is 0.242. The quantitative estimate of drug-likeness (QED) is 0.193. The molecule has 2 aliphatic rings. The number of carboxylic acids is 1. The molecule has 0 spiro atoms. The van der Waals surface area contributed by atoms with Gasteiger partial charge in [0.05, 0.1) is 23.8 Å². The first-order chi connectivity index (χ1) is 20.5. The summed E-state index contributed by atoms with van der Waals surface area (Å²) in [5, 5.41) is 15.1. The molecule has 1 N–H and O–H groups in total. The number of benzene rings is 3. The van der Waals surface area contributed by atoms with Gasteiger partial charge in [-0.2, -0.15) is 0 Å². The number of halogens is 1. The van der Waals surface area contributed by atoms with Gasteiger partial charge in [0.2, 0.25) is 0 Å². The van der Waals surface area contributed by atoms with E-state index in [9.17, 15) is 9.90 Å². The Morgan fingerprint density at radius 2 is 1.90 bits per heavy atom. The molecule has 5 aromatic rings. The van der Waals surface area contributed by atoms with Crippen molar-refractivity contribution in [1.29, 1.82) is 0 Å². The van der Waals surface area contributed by atoms with Crippen molar-refractivity contribution in [3.63, 3.8) is 0 Å². The molecule has 0 radical (unpaired) electrons. The number of hydrogen-bond donors (Lipinski definition) is 1. The molecule has 2 aromatic heterocycles. The number of anilines is 1. The zero-order valence-electron chi connectivity index (χ0n) is 22.9. The molecule has 1 aliphatic carbocycles. The maximum absolute atomic E-state index is 11.2. The molecule has 212 valence electrons. The molecule has 0 unspecified atom stereocenters. The van der Waals surface area contributed by atoms with Gasteiger partial charge in [-0.15, -0.1) is 0 Å². The van der Waals surface area contributed by atoms with Crippen molar-refractivity contribution < 1.29 is 23.9 Å². The summed E-state index contributed by atoms with van der Waals surface area (Å²) < 4.78 is 17.6. The number of pyridine rings is 1. The van der Waals surface area contributed by atoms with Crippen molar-refractivity contribution in [2.75, 3.05) is 25.1 Å². The Morgan fingerprint density at radius 1 is 1.07 bits per heavy atom. The predicted molar refractivity (Wildman–Crippen MR) is 160 cm³/mol. The first-order valence-electron chi connectivity index (χ1n) is 13.9. The zero-order valence-corrected chi connectivity index (χ0v) is 23.7. The number of carbonyl (C=O) groups is 1. The smallest absolute Gasteiger partial charge is 0.337 e. The largest absolute Gasteiger partial charge is 0.496 e. The number of methoxy groups -OCH3 is 1. The van der Waals surface area contributed by atoms with Crippen LogP contribution in [0.2, 0.25) is 5.02 Å². The van der Waals surface area contributed by atoms with Crippen LogP contribution in [-0.4, -0.2) is 41.4 Å². The topological polar surface area (TPSA) is 97.9 Å². The zero-order chi connectivity index (χ0) is 28.8.